The molecule has 1 aromatic carbocycles. The highest BCUT2D eigenvalue weighted by atomic mass is 16.6. The van der Waals surface area contributed by atoms with Gasteiger partial charge in [0.2, 0.25) is 0 Å². The summed E-state index contributed by atoms with van der Waals surface area (Å²) in [5, 5.41) is 25.2. The SMILES string of the molecule is O=[N+]([O-])c1cc(C2=CCCC2)c(N2CCOCC2)c(-c2cnn(CCCO)c2)c1. The van der Waals surface area contributed by atoms with Gasteiger partial charge in [0.1, 0.15) is 0 Å². The molecule has 4 rings (SSSR count). The lowest BCUT2D eigenvalue weighted by Crippen LogP contribution is -2.37. The molecule has 2 aromatic rings. The second-order valence-electron chi connectivity index (χ2n) is 7.44. The lowest BCUT2D eigenvalue weighted by molar-refractivity contribution is -0.384. The predicted molar refractivity (Wildman–Crippen MR) is 111 cm³/mol. The zero-order chi connectivity index (χ0) is 20.2. The van der Waals surface area contributed by atoms with E-state index in [1.165, 1.54) is 5.57 Å². The number of ether oxygens (including phenoxy) is 1. The number of non-ortho nitro benzene ring substituents is 1. The van der Waals surface area contributed by atoms with E-state index in [-0.39, 0.29) is 17.2 Å². The van der Waals surface area contributed by atoms with Crippen molar-refractivity contribution in [3.8, 4) is 11.1 Å². The molecule has 1 aromatic heterocycles. The minimum absolute atomic E-state index is 0.0999. The maximum atomic E-state index is 11.7. The van der Waals surface area contributed by atoms with Crippen LogP contribution in [0.3, 0.4) is 0 Å². The maximum Gasteiger partial charge on any atom is 0.270 e. The Morgan fingerprint density at radius 2 is 2.03 bits per heavy atom. The van der Waals surface area contributed by atoms with Crippen molar-refractivity contribution in [3.63, 3.8) is 0 Å². The standard InChI is InChI=1S/C21H26N4O4/c26-9-3-6-24-15-17(14-22-24)20-13-18(25(27)28)12-19(16-4-1-2-5-16)21(20)23-7-10-29-11-8-23/h4,12-15,26H,1-3,5-11H2. The van der Waals surface area contributed by atoms with Crippen LogP contribution in [0.15, 0.2) is 30.6 Å². The molecule has 0 bridgehead atoms. The second kappa shape index (κ2) is 8.75. The van der Waals surface area contributed by atoms with Crippen LogP contribution in [0.4, 0.5) is 11.4 Å². The van der Waals surface area contributed by atoms with Crippen LogP contribution in [0.25, 0.3) is 16.7 Å². The number of aryl methyl sites for hydroxylation is 1. The summed E-state index contributed by atoms with van der Waals surface area (Å²) in [7, 11) is 0. The van der Waals surface area contributed by atoms with Gasteiger partial charge in [-0.1, -0.05) is 6.08 Å². The van der Waals surface area contributed by atoms with Crippen LogP contribution >= 0.6 is 0 Å². The van der Waals surface area contributed by atoms with Crippen molar-refractivity contribution < 1.29 is 14.8 Å². The first kappa shape index (κ1) is 19.6. The summed E-state index contributed by atoms with van der Waals surface area (Å²) in [6.45, 7) is 3.50. The van der Waals surface area contributed by atoms with Gasteiger partial charge in [-0.05, 0) is 31.3 Å². The molecule has 8 heteroatoms. The highest BCUT2D eigenvalue weighted by molar-refractivity contribution is 5.91. The first-order chi connectivity index (χ1) is 14.2. The molecule has 0 amide bonds. The van der Waals surface area contributed by atoms with Gasteiger partial charge < -0.3 is 14.7 Å². The first-order valence-corrected chi connectivity index (χ1v) is 10.2. The summed E-state index contributed by atoms with van der Waals surface area (Å²) in [6, 6.07) is 3.39. The van der Waals surface area contributed by atoms with Gasteiger partial charge in [-0.25, -0.2) is 0 Å². The number of nitro groups is 1. The van der Waals surface area contributed by atoms with Crippen LogP contribution in [-0.4, -0.2) is 52.7 Å². The molecule has 29 heavy (non-hydrogen) atoms. The van der Waals surface area contributed by atoms with Gasteiger partial charge in [0.15, 0.2) is 0 Å². The number of hydrogen-bond acceptors (Lipinski definition) is 6. The molecule has 1 N–H and O–H groups in total. The summed E-state index contributed by atoms with van der Waals surface area (Å²) < 4.78 is 7.32. The van der Waals surface area contributed by atoms with Crippen LogP contribution in [0, 0.1) is 10.1 Å². The summed E-state index contributed by atoms with van der Waals surface area (Å²) >= 11 is 0. The zero-order valence-electron chi connectivity index (χ0n) is 16.4. The molecule has 8 nitrogen and oxygen atoms in total. The van der Waals surface area contributed by atoms with Crippen molar-refractivity contribution in [1.29, 1.82) is 0 Å². The average molecular weight is 398 g/mol. The molecule has 2 aliphatic rings. The summed E-state index contributed by atoms with van der Waals surface area (Å²) in [5.74, 6) is 0. The Bertz CT molecular complexity index is 915. The highest BCUT2D eigenvalue weighted by Gasteiger charge is 2.26. The van der Waals surface area contributed by atoms with Gasteiger partial charge in [-0.15, -0.1) is 0 Å². The number of morpholine rings is 1. The van der Waals surface area contributed by atoms with Crippen molar-refractivity contribution in [3.05, 3.63) is 46.3 Å². The molecule has 0 atom stereocenters. The van der Waals surface area contributed by atoms with Crippen molar-refractivity contribution in [2.75, 3.05) is 37.8 Å². The fourth-order valence-electron chi connectivity index (χ4n) is 4.09. The third-order valence-corrected chi connectivity index (χ3v) is 5.51. The number of anilines is 1. The monoisotopic (exact) mass is 398 g/mol. The van der Waals surface area contributed by atoms with E-state index in [0.29, 0.717) is 26.2 Å². The summed E-state index contributed by atoms with van der Waals surface area (Å²) in [6.07, 6.45) is 9.51. The van der Waals surface area contributed by atoms with Crippen molar-refractivity contribution in [2.45, 2.75) is 32.2 Å². The number of nitro benzene ring substituents is 1. The van der Waals surface area contributed by atoms with E-state index < -0.39 is 0 Å². The Balaban J connectivity index is 1.86. The molecule has 1 aliphatic heterocycles. The summed E-state index contributed by atoms with van der Waals surface area (Å²) in [4.78, 5) is 13.7. The zero-order valence-corrected chi connectivity index (χ0v) is 16.4. The third-order valence-electron chi connectivity index (χ3n) is 5.51. The van der Waals surface area contributed by atoms with Gasteiger partial charge in [-0.2, -0.15) is 5.10 Å². The van der Waals surface area contributed by atoms with E-state index in [1.54, 1.807) is 23.0 Å². The third kappa shape index (κ3) is 4.18. The largest absolute Gasteiger partial charge is 0.396 e. The molecule has 154 valence electrons. The van der Waals surface area contributed by atoms with Crippen LogP contribution in [0.5, 0.6) is 0 Å². The van der Waals surface area contributed by atoms with Gasteiger partial charge in [0.25, 0.3) is 5.69 Å². The fourth-order valence-corrected chi connectivity index (χ4v) is 4.09. The average Bonchev–Trinajstić information content (AvgIpc) is 3.44. The van der Waals surface area contributed by atoms with Crippen molar-refractivity contribution in [2.24, 2.45) is 0 Å². The molecular weight excluding hydrogens is 372 g/mol. The smallest absolute Gasteiger partial charge is 0.270 e. The Kier molecular flexibility index (Phi) is 5.92. The second-order valence-corrected chi connectivity index (χ2v) is 7.44. The van der Waals surface area contributed by atoms with E-state index in [1.807, 2.05) is 6.20 Å². The predicted octanol–water partition coefficient (Wildman–Crippen LogP) is 3.24. The van der Waals surface area contributed by atoms with E-state index in [2.05, 4.69) is 16.1 Å². The van der Waals surface area contributed by atoms with Crippen LogP contribution in [0.2, 0.25) is 0 Å². The number of aliphatic hydroxyl groups is 1. The number of rotatable bonds is 7. The molecular formula is C21H26N4O4. The quantitative estimate of drug-likeness (QED) is 0.568. The number of allylic oxidation sites excluding steroid dienone is 2. The number of aliphatic hydroxyl groups excluding tert-OH is 1. The Morgan fingerprint density at radius 1 is 1.24 bits per heavy atom. The van der Waals surface area contributed by atoms with Crippen LogP contribution in [-0.2, 0) is 11.3 Å². The van der Waals surface area contributed by atoms with E-state index in [9.17, 15) is 10.1 Å². The minimum atomic E-state index is -0.318. The molecule has 1 aliphatic carbocycles. The van der Waals surface area contributed by atoms with Gasteiger partial charge in [0, 0.05) is 61.3 Å². The molecule has 0 spiro atoms. The van der Waals surface area contributed by atoms with Crippen LogP contribution in [0.1, 0.15) is 31.2 Å². The van der Waals surface area contributed by atoms with Crippen molar-refractivity contribution >= 4 is 16.9 Å². The Morgan fingerprint density at radius 3 is 2.72 bits per heavy atom. The Hall–Kier alpha value is -2.71. The molecule has 0 unspecified atom stereocenters. The fraction of sp³-hybridized carbons (Fsp3) is 0.476. The van der Waals surface area contributed by atoms with Gasteiger partial charge in [0.05, 0.1) is 30.0 Å². The molecule has 0 radical (unpaired) electrons. The van der Waals surface area contributed by atoms with Gasteiger partial charge >= 0.3 is 0 Å². The number of benzene rings is 1. The van der Waals surface area contributed by atoms with E-state index in [4.69, 9.17) is 9.84 Å². The summed E-state index contributed by atoms with van der Waals surface area (Å²) in [5.41, 5.74) is 4.96. The topological polar surface area (TPSA) is 93.7 Å². The highest BCUT2D eigenvalue weighted by Crippen LogP contribution is 2.43. The Labute approximate surface area is 169 Å². The lowest BCUT2D eigenvalue weighted by Gasteiger charge is -2.32. The van der Waals surface area contributed by atoms with E-state index >= 15 is 0 Å². The number of aromatic nitrogens is 2. The number of hydrogen-bond donors (Lipinski definition) is 1. The lowest BCUT2D eigenvalue weighted by atomic mass is 9.94. The molecule has 1 fully saturated rings. The molecule has 1 saturated heterocycles. The maximum absolute atomic E-state index is 11.7. The normalized spacial score (nSPS) is 16.9. The minimum Gasteiger partial charge on any atom is -0.396 e. The van der Waals surface area contributed by atoms with E-state index in [0.717, 1.165) is 54.7 Å². The van der Waals surface area contributed by atoms with Crippen molar-refractivity contribution in [1.82, 2.24) is 9.78 Å². The molecule has 0 saturated carbocycles. The number of nitrogens with zero attached hydrogens (tertiary/aromatic N) is 4. The van der Waals surface area contributed by atoms with Crippen LogP contribution < -0.4 is 4.90 Å². The van der Waals surface area contributed by atoms with Gasteiger partial charge in [-0.3, -0.25) is 14.8 Å². The molecule has 2 heterocycles. The first-order valence-electron chi connectivity index (χ1n) is 10.2.